The molecule has 3 aromatic rings. The van der Waals surface area contributed by atoms with Crippen LogP contribution >= 0.6 is 35.0 Å². The van der Waals surface area contributed by atoms with E-state index in [1.165, 1.54) is 10.5 Å². The number of ether oxygens (including phenoxy) is 1. The average Bonchev–Trinajstić information content (AvgIpc) is 3.09. The van der Waals surface area contributed by atoms with Crippen molar-refractivity contribution in [2.24, 2.45) is 0 Å². The van der Waals surface area contributed by atoms with Crippen molar-refractivity contribution in [1.82, 2.24) is 4.90 Å². The Hall–Kier alpha value is -2.73. The van der Waals surface area contributed by atoms with E-state index >= 15 is 0 Å². The first-order valence-corrected chi connectivity index (χ1v) is 12.0. The third kappa shape index (κ3) is 6.20. The van der Waals surface area contributed by atoms with Gasteiger partial charge < -0.3 is 4.74 Å². The fraction of sp³-hybridized carbons (Fsp3) is 0.154. The van der Waals surface area contributed by atoms with Crippen LogP contribution in [0.25, 0.3) is 6.08 Å². The fourth-order valence-electron chi connectivity index (χ4n) is 3.39. The first-order valence-electron chi connectivity index (χ1n) is 10.5. The first-order chi connectivity index (χ1) is 16.0. The number of hydrogen-bond acceptors (Lipinski definition) is 4. The Balaban J connectivity index is 1.32. The molecule has 4 nitrogen and oxygen atoms in total. The van der Waals surface area contributed by atoms with Crippen LogP contribution in [-0.4, -0.2) is 22.6 Å². The molecule has 1 heterocycles. The maximum atomic E-state index is 12.7. The molecule has 33 heavy (non-hydrogen) atoms. The van der Waals surface area contributed by atoms with Gasteiger partial charge in [0.05, 0.1) is 15.0 Å². The average molecular weight is 498 g/mol. The Bertz CT molecular complexity index is 1180. The summed E-state index contributed by atoms with van der Waals surface area (Å²) in [6.07, 6.45) is 3.30. The molecule has 0 N–H and O–H groups in total. The summed E-state index contributed by atoms with van der Waals surface area (Å²) >= 11 is 13.0. The molecule has 4 rings (SSSR count). The molecule has 2 amide bonds. The summed E-state index contributed by atoms with van der Waals surface area (Å²) in [7, 11) is 0. The summed E-state index contributed by atoms with van der Waals surface area (Å²) in [5.74, 6) is 0.449. The van der Waals surface area contributed by atoms with Gasteiger partial charge in [0.2, 0.25) is 0 Å². The van der Waals surface area contributed by atoms with Crippen molar-refractivity contribution in [3.63, 3.8) is 0 Å². The van der Waals surface area contributed by atoms with Crippen molar-refractivity contribution >= 4 is 52.2 Å². The smallest absolute Gasteiger partial charge is 0.293 e. The lowest BCUT2D eigenvalue weighted by Crippen LogP contribution is -2.29. The van der Waals surface area contributed by atoms with Crippen molar-refractivity contribution in [2.75, 3.05) is 6.54 Å². The molecule has 1 saturated heterocycles. The number of nitrogens with zero attached hydrogens (tertiary/aromatic N) is 1. The second-order valence-electron chi connectivity index (χ2n) is 7.53. The zero-order valence-corrected chi connectivity index (χ0v) is 20.0. The van der Waals surface area contributed by atoms with Gasteiger partial charge in [0, 0.05) is 6.54 Å². The Morgan fingerprint density at radius 1 is 0.879 bits per heavy atom. The predicted molar refractivity (Wildman–Crippen MR) is 135 cm³/mol. The second-order valence-corrected chi connectivity index (χ2v) is 9.34. The van der Waals surface area contributed by atoms with E-state index in [0.717, 1.165) is 35.7 Å². The predicted octanol–water partition coefficient (Wildman–Crippen LogP) is 7.24. The van der Waals surface area contributed by atoms with Crippen LogP contribution in [0.3, 0.4) is 0 Å². The normalized spacial score (nSPS) is 14.8. The molecule has 0 aromatic heterocycles. The van der Waals surface area contributed by atoms with E-state index in [2.05, 4.69) is 0 Å². The quantitative estimate of drug-likeness (QED) is 0.307. The van der Waals surface area contributed by atoms with Crippen LogP contribution in [0, 0.1) is 0 Å². The Morgan fingerprint density at radius 3 is 2.36 bits per heavy atom. The van der Waals surface area contributed by atoms with E-state index in [-0.39, 0.29) is 11.1 Å². The summed E-state index contributed by atoms with van der Waals surface area (Å²) in [6.45, 7) is 0.774. The number of aryl methyl sites for hydroxylation is 1. The van der Waals surface area contributed by atoms with Crippen LogP contribution in [0.2, 0.25) is 10.0 Å². The van der Waals surface area contributed by atoms with Crippen LogP contribution in [0.15, 0.2) is 77.7 Å². The van der Waals surface area contributed by atoms with Gasteiger partial charge in [-0.15, -0.1) is 0 Å². The highest BCUT2D eigenvalue weighted by Crippen LogP contribution is 2.32. The van der Waals surface area contributed by atoms with Crippen molar-refractivity contribution in [2.45, 2.75) is 19.4 Å². The number of halogens is 2. The summed E-state index contributed by atoms with van der Waals surface area (Å²) in [4.78, 5) is 26.8. The highest BCUT2D eigenvalue weighted by molar-refractivity contribution is 8.18. The summed E-state index contributed by atoms with van der Waals surface area (Å²) < 4.78 is 5.79. The molecule has 1 aliphatic rings. The van der Waals surface area contributed by atoms with Crippen molar-refractivity contribution in [1.29, 1.82) is 0 Å². The number of carbonyl (C=O) groups excluding carboxylic acids is 2. The zero-order chi connectivity index (χ0) is 23.2. The molecular weight excluding hydrogens is 477 g/mol. The van der Waals surface area contributed by atoms with E-state index in [4.69, 9.17) is 27.9 Å². The molecule has 168 valence electrons. The van der Waals surface area contributed by atoms with Crippen LogP contribution in [0.1, 0.15) is 23.1 Å². The molecule has 0 unspecified atom stereocenters. The van der Waals surface area contributed by atoms with Crippen LogP contribution < -0.4 is 4.74 Å². The molecule has 0 radical (unpaired) electrons. The molecule has 0 saturated carbocycles. The third-order valence-corrected chi connectivity index (χ3v) is 6.78. The Kier molecular flexibility index (Phi) is 7.76. The van der Waals surface area contributed by atoms with Crippen molar-refractivity contribution in [3.05, 3.63) is 104 Å². The van der Waals surface area contributed by atoms with Crippen LogP contribution in [0.5, 0.6) is 5.75 Å². The Morgan fingerprint density at radius 2 is 1.64 bits per heavy atom. The number of imide groups is 1. The third-order valence-electron chi connectivity index (χ3n) is 5.13. The van der Waals surface area contributed by atoms with Gasteiger partial charge in [-0.3, -0.25) is 14.5 Å². The van der Waals surface area contributed by atoms with Crippen LogP contribution in [-0.2, 0) is 17.8 Å². The molecule has 0 atom stereocenters. The highest BCUT2D eigenvalue weighted by atomic mass is 35.5. The number of thioether (sulfide) groups is 1. The number of hydrogen-bond donors (Lipinski definition) is 0. The second kappa shape index (κ2) is 10.9. The van der Waals surface area contributed by atoms with Crippen molar-refractivity contribution in [3.8, 4) is 5.75 Å². The maximum Gasteiger partial charge on any atom is 0.293 e. The van der Waals surface area contributed by atoms with Gasteiger partial charge in [-0.25, -0.2) is 0 Å². The van der Waals surface area contributed by atoms with Gasteiger partial charge in [0.15, 0.2) is 0 Å². The highest BCUT2D eigenvalue weighted by Gasteiger charge is 2.34. The standard InChI is InChI=1S/C26H21Cl2NO3S/c27-22-13-10-20(15-23(22)28)17-32-21-11-8-19(9-12-21)16-24-25(30)29(26(31)33-24)14-4-7-18-5-2-1-3-6-18/h1-3,5-6,8-13,15-16H,4,7,14,17H2/b24-16+. The largest absolute Gasteiger partial charge is 0.489 e. The molecule has 0 aliphatic carbocycles. The zero-order valence-electron chi connectivity index (χ0n) is 17.7. The summed E-state index contributed by atoms with van der Waals surface area (Å²) in [5.41, 5.74) is 2.93. The van der Waals surface area contributed by atoms with Crippen molar-refractivity contribution < 1.29 is 14.3 Å². The minimum absolute atomic E-state index is 0.221. The molecule has 0 spiro atoms. The number of rotatable bonds is 8. The van der Waals surface area contributed by atoms with E-state index in [0.29, 0.717) is 33.9 Å². The molecule has 3 aromatic carbocycles. The maximum absolute atomic E-state index is 12.7. The van der Waals surface area contributed by atoms with E-state index in [1.807, 2.05) is 60.7 Å². The lowest BCUT2D eigenvalue weighted by molar-refractivity contribution is -0.122. The summed E-state index contributed by atoms with van der Waals surface area (Å²) in [6, 6.07) is 22.8. The lowest BCUT2D eigenvalue weighted by Gasteiger charge is -2.12. The van der Waals surface area contributed by atoms with Gasteiger partial charge in [-0.2, -0.15) is 0 Å². The molecule has 7 heteroatoms. The van der Waals surface area contributed by atoms with E-state index in [1.54, 1.807) is 18.2 Å². The molecule has 1 fully saturated rings. The number of benzene rings is 3. The van der Waals surface area contributed by atoms with Gasteiger partial charge in [0.25, 0.3) is 11.1 Å². The monoisotopic (exact) mass is 497 g/mol. The van der Waals surface area contributed by atoms with E-state index in [9.17, 15) is 9.59 Å². The molecule has 1 aliphatic heterocycles. The topological polar surface area (TPSA) is 46.6 Å². The van der Waals surface area contributed by atoms with Gasteiger partial charge in [-0.1, -0.05) is 71.7 Å². The first kappa shape index (κ1) is 23.4. The SMILES string of the molecule is O=C1S/C(=C/c2ccc(OCc3ccc(Cl)c(Cl)c3)cc2)C(=O)N1CCCc1ccccc1. The van der Waals surface area contributed by atoms with E-state index < -0.39 is 0 Å². The minimum Gasteiger partial charge on any atom is -0.489 e. The fourth-order valence-corrected chi connectivity index (χ4v) is 4.57. The number of carbonyl (C=O) groups is 2. The number of amides is 2. The van der Waals surface area contributed by atoms with Gasteiger partial charge in [0.1, 0.15) is 12.4 Å². The molecular formula is C26H21Cl2NO3S. The molecule has 0 bridgehead atoms. The van der Waals surface area contributed by atoms with Gasteiger partial charge in [-0.05, 0) is 71.6 Å². The summed E-state index contributed by atoms with van der Waals surface area (Å²) in [5, 5.41) is 0.772. The van der Waals surface area contributed by atoms with Crippen LogP contribution in [0.4, 0.5) is 4.79 Å². The lowest BCUT2D eigenvalue weighted by atomic mass is 10.1. The Labute approximate surface area is 207 Å². The minimum atomic E-state index is -0.238. The van der Waals surface area contributed by atoms with Gasteiger partial charge >= 0.3 is 0 Å².